The third-order valence-electron chi connectivity index (χ3n) is 3.83. The Labute approximate surface area is 162 Å². The van der Waals surface area contributed by atoms with Crippen LogP contribution in [0.25, 0.3) is 0 Å². The predicted molar refractivity (Wildman–Crippen MR) is 101 cm³/mol. The fourth-order valence-corrected chi connectivity index (χ4v) is 2.24. The summed E-state index contributed by atoms with van der Waals surface area (Å²) in [7, 11) is 0. The van der Waals surface area contributed by atoms with Gasteiger partial charge in [0, 0.05) is 5.56 Å². The number of aryl methyl sites for hydroxylation is 1. The maximum atomic E-state index is 12.9. The molecule has 28 heavy (non-hydrogen) atoms. The van der Waals surface area contributed by atoms with Crippen molar-refractivity contribution in [3.05, 3.63) is 65.5 Å². The van der Waals surface area contributed by atoms with Crippen LogP contribution in [0.3, 0.4) is 0 Å². The summed E-state index contributed by atoms with van der Waals surface area (Å²) in [6.45, 7) is 4.83. The summed E-state index contributed by atoms with van der Waals surface area (Å²) < 4.78 is 18.2. The molecule has 0 unspecified atom stereocenters. The number of rotatable bonds is 6. The second kappa shape index (κ2) is 9.50. The Bertz CT molecular complexity index is 855. The third-order valence-corrected chi connectivity index (χ3v) is 3.83. The number of nitrogens with one attached hydrogen (secondary N) is 3. The lowest BCUT2D eigenvalue weighted by Gasteiger charge is -2.17. The van der Waals surface area contributed by atoms with Gasteiger partial charge in [-0.05, 0) is 57.2 Å². The molecule has 8 heteroatoms. The van der Waals surface area contributed by atoms with Gasteiger partial charge in [-0.2, -0.15) is 0 Å². The molecule has 0 heterocycles. The van der Waals surface area contributed by atoms with Crippen molar-refractivity contribution in [2.24, 2.45) is 0 Å². The molecule has 0 aromatic heterocycles. The minimum atomic E-state index is -0.928. The Balaban J connectivity index is 1.80. The van der Waals surface area contributed by atoms with Gasteiger partial charge in [-0.1, -0.05) is 17.7 Å². The van der Waals surface area contributed by atoms with Crippen LogP contribution >= 0.6 is 0 Å². The van der Waals surface area contributed by atoms with Crippen LogP contribution in [0.4, 0.5) is 4.39 Å². The summed E-state index contributed by atoms with van der Waals surface area (Å²) in [4.78, 5) is 36.2. The largest absolute Gasteiger partial charge is 0.481 e. The summed E-state index contributed by atoms with van der Waals surface area (Å²) in [5.74, 6) is -1.70. The zero-order valence-electron chi connectivity index (χ0n) is 15.8. The van der Waals surface area contributed by atoms with Crippen molar-refractivity contribution in [1.29, 1.82) is 0 Å². The molecule has 2 rings (SSSR count). The Morgan fingerprint density at radius 1 is 0.964 bits per heavy atom. The molecule has 0 fully saturated rings. The molecule has 0 spiro atoms. The van der Waals surface area contributed by atoms with Crippen molar-refractivity contribution in [3.63, 3.8) is 0 Å². The number of halogens is 1. The molecule has 0 aliphatic rings. The van der Waals surface area contributed by atoms with Crippen molar-refractivity contribution in [2.75, 3.05) is 0 Å². The fraction of sp³-hybridized carbons (Fsp3) is 0.250. The normalized spacial score (nSPS) is 12.4. The van der Waals surface area contributed by atoms with Gasteiger partial charge in [0.15, 0.2) is 6.10 Å². The van der Waals surface area contributed by atoms with E-state index in [1.807, 2.05) is 13.0 Å². The first-order valence-electron chi connectivity index (χ1n) is 8.65. The molecular formula is C20H22FN3O4. The van der Waals surface area contributed by atoms with Gasteiger partial charge in [-0.25, -0.2) is 4.39 Å². The molecule has 3 amide bonds. The minimum Gasteiger partial charge on any atom is -0.481 e. The molecular weight excluding hydrogens is 365 g/mol. The van der Waals surface area contributed by atoms with E-state index < -0.39 is 35.7 Å². The Morgan fingerprint density at radius 3 is 2.25 bits per heavy atom. The van der Waals surface area contributed by atoms with Gasteiger partial charge in [0.05, 0.1) is 0 Å². The lowest BCUT2D eigenvalue weighted by molar-refractivity contribution is -0.133. The van der Waals surface area contributed by atoms with Gasteiger partial charge in [0.2, 0.25) is 0 Å². The van der Waals surface area contributed by atoms with Crippen LogP contribution in [-0.4, -0.2) is 29.9 Å². The Hall–Kier alpha value is -3.42. The number of hydrogen-bond donors (Lipinski definition) is 3. The molecule has 7 nitrogen and oxygen atoms in total. The van der Waals surface area contributed by atoms with E-state index in [2.05, 4.69) is 16.2 Å². The number of benzene rings is 2. The zero-order chi connectivity index (χ0) is 20.7. The van der Waals surface area contributed by atoms with Crippen LogP contribution in [-0.2, 0) is 9.59 Å². The van der Waals surface area contributed by atoms with Crippen LogP contribution < -0.4 is 20.9 Å². The van der Waals surface area contributed by atoms with E-state index in [9.17, 15) is 18.8 Å². The van der Waals surface area contributed by atoms with E-state index in [0.717, 1.165) is 5.56 Å². The van der Waals surface area contributed by atoms with E-state index >= 15 is 0 Å². The predicted octanol–water partition coefficient (Wildman–Crippen LogP) is 1.87. The van der Waals surface area contributed by atoms with E-state index in [1.54, 1.807) is 18.2 Å². The number of hydrazine groups is 1. The number of amides is 3. The highest BCUT2D eigenvalue weighted by Crippen LogP contribution is 2.12. The third kappa shape index (κ3) is 6.08. The van der Waals surface area contributed by atoms with Gasteiger partial charge in [-0.3, -0.25) is 25.2 Å². The highest BCUT2D eigenvalue weighted by molar-refractivity contribution is 5.97. The van der Waals surface area contributed by atoms with Gasteiger partial charge in [0.1, 0.15) is 17.6 Å². The minimum absolute atomic E-state index is 0.314. The van der Waals surface area contributed by atoms with E-state index in [1.165, 1.54) is 38.1 Å². The van der Waals surface area contributed by atoms with E-state index in [4.69, 9.17) is 4.74 Å². The number of carbonyl (C=O) groups excluding carboxylic acids is 3. The van der Waals surface area contributed by atoms with Crippen molar-refractivity contribution in [1.82, 2.24) is 16.2 Å². The van der Waals surface area contributed by atoms with Crippen molar-refractivity contribution in [3.8, 4) is 5.75 Å². The van der Waals surface area contributed by atoms with Gasteiger partial charge in [-0.15, -0.1) is 0 Å². The van der Waals surface area contributed by atoms with Crippen LogP contribution in [0.5, 0.6) is 5.75 Å². The monoisotopic (exact) mass is 387 g/mol. The summed E-state index contributed by atoms with van der Waals surface area (Å²) in [5.41, 5.74) is 5.82. The first-order chi connectivity index (χ1) is 13.3. The molecule has 0 aliphatic carbocycles. The highest BCUT2D eigenvalue weighted by atomic mass is 19.1. The smallest absolute Gasteiger partial charge is 0.279 e. The SMILES string of the molecule is Cc1cccc(C(=O)N[C@@H](C)C(=O)NNC(=O)[C@H](C)Oc2ccc(F)cc2)c1. The molecule has 0 radical (unpaired) electrons. The lowest BCUT2D eigenvalue weighted by Crippen LogP contribution is -2.53. The van der Waals surface area contributed by atoms with Crippen LogP contribution in [0.1, 0.15) is 29.8 Å². The van der Waals surface area contributed by atoms with Gasteiger partial charge < -0.3 is 10.1 Å². The molecule has 148 valence electrons. The molecule has 2 atom stereocenters. The van der Waals surface area contributed by atoms with Crippen molar-refractivity contribution >= 4 is 17.7 Å². The Kier molecular flexibility index (Phi) is 7.08. The van der Waals surface area contributed by atoms with Gasteiger partial charge in [0.25, 0.3) is 17.7 Å². The van der Waals surface area contributed by atoms with Crippen LogP contribution in [0.2, 0.25) is 0 Å². The molecule has 2 aromatic carbocycles. The Morgan fingerprint density at radius 2 is 1.61 bits per heavy atom. The summed E-state index contributed by atoms with van der Waals surface area (Å²) >= 11 is 0. The summed E-state index contributed by atoms with van der Waals surface area (Å²) in [6, 6.07) is 11.3. The van der Waals surface area contributed by atoms with Crippen LogP contribution in [0, 0.1) is 12.7 Å². The molecule has 0 saturated heterocycles. The van der Waals surface area contributed by atoms with Crippen molar-refractivity contribution < 1.29 is 23.5 Å². The molecule has 3 N–H and O–H groups in total. The van der Waals surface area contributed by atoms with E-state index in [0.29, 0.717) is 11.3 Å². The molecule has 0 bridgehead atoms. The standard InChI is InChI=1S/C20H22FN3O4/c1-12-5-4-6-15(11-12)20(27)22-13(2)18(25)23-24-19(26)14(3)28-17-9-7-16(21)8-10-17/h4-11,13-14H,1-3H3,(H,22,27)(H,23,25)(H,24,26)/t13-,14-/m0/s1. The van der Waals surface area contributed by atoms with Crippen molar-refractivity contribution in [2.45, 2.75) is 32.9 Å². The molecule has 0 aliphatic heterocycles. The average Bonchev–Trinajstić information content (AvgIpc) is 2.67. The summed E-state index contributed by atoms with van der Waals surface area (Å²) in [6.07, 6.45) is -0.928. The zero-order valence-corrected chi connectivity index (χ0v) is 15.8. The van der Waals surface area contributed by atoms with Gasteiger partial charge >= 0.3 is 0 Å². The van der Waals surface area contributed by atoms with Crippen LogP contribution in [0.15, 0.2) is 48.5 Å². The highest BCUT2D eigenvalue weighted by Gasteiger charge is 2.19. The summed E-state index contributed by atoms with van der Waals surface area (Å²) in [5, 5.41) is 2.55. The number of ether oxygens (including phenoxy) is 1. The quantitative estimate of drug-likeness (QED) is 0.660. The first kappa shape index (κ1) is 20.9. The second-order valence-electron chi connectivity index (χ2n) is 6.26. The number of carbonyl (C=O) groups is 3. The van der Waals surface area contributed by atoms with E-state index in [-0.39, 0.29) is 0 Å². The maximum absolute atomic E-state index is 12.9. The first-order valence-corrected chi connectivity index (χ1v) is 8.65. The lowest BCUT2D eigenvalue weighted by atomic mass is 10.1. The molecule has 0 saturated carbocycles. The number of hydrogen-bond acceptors (Lipinski definition) is 4. The second-order valence-corrected chi connectivity index (χ2v) is 6.26. The molecule has 2 aromatic rings. The maximum Gasteiger partial charge on any atom is 0.279 e. The average molecular weight is 387 g/mol. The topological polar surface area (TPSA) is 96.5 Å². The fourth-order valence-electron chi connectivity index (χ4n) is 2.24.